The highest BCUT2D eigenvalue weighted by Crippen LogP contribution is 2.06. The summed E-state index contributed by atoms with van der Waals surface area (Å²) in [5, 5.41) is 0. The zero-order valence-electron chi connectivity index (χ0n) is 5.17. The van der Waals surface area contributed by atoms with Crippen molar-refractivity contribution in [2.24, 2.45) is 10.9 Å². The second-order valence-corrected chi connectivity index (χ2v) is 2.24. The summed E-state index contributed by atoms with van der Waals surface area (Å²) in [5.74, 6) is 0.671. The van der Waals surface area contributed by atoms with Crippen LogP contribution in [0.3, 0.4) is 0 Å². The van der Waals surface area contributed by atoms with Crippen LogP contribution in [0.25, 0.3) is 0 Å². The predicted molar refractivity (Wildman–Crippen MR) is 36.0 cm³/mol. The van der Waals surface area contributed by atoms with Gasteiger partial charge in [-0.1, -0.05) is 13.0 Å². The molecule has 1 unspecified atom stereocenters. The van der Waals surface area contributed by atoms with Crippen LogP contribution >= 0.6 is 0 Å². The van der Waals surface area contributed by atoms with Gasteiger partial charge in [-0.05, 0) is 18.8 Å². The first-order valence-electron chi connectivity index (χ1n) is 3.08. The number of allylic oxidation sites excluding steroid dienone is 1. The molecule has 1 aliphatic heterocycles. The smallest absolute Gasteiger partial charge is 0.0224 e. The predicted octanol–water partition coefficient (Wildman–Crippen LogP) is 2.00. The molecule has 8 heavy (non-hydrogen) atoms. The molecule has 0 radical (unpaired) electrons. The van der Waals surface area contributed by atoms with Crippen LogP contribution in [0.4, 0.5) is 0 Å². The summed E-state index contributed by atoms with van der Waals surface area (Å²) in [7, 11) is 0. The monoisotopic (exact) mass is 109 g/mol. The molecule has 1 heterocycles. The minimum Gasteiger partial charge on any atom is -0.269 e. The van der Waals surface area contributed by atoms with Crippen molar-refractivity contribution in [2.45, 2.75) is 19.8 Å². The van der Waals surface area contributed by atoms with Gasteiger partial charge in [-0.15, -0.1) is 0 Å². The lowest BCUT2D eigenvalue weighted by atomic mass is 10.1. The normalized spacial score (nSPS) is 27.9. The fourth-order valence-corrected chi connectivity index (χ4v) is 0.766. The molecule has 0 N–H and O–H groups in total. The van der Waals surface area contributed by atoms with Crippen LogP contribution in [0.5, 0.6) is 0 Å². The molecular weight excluding hydrogens is 98.1 g/mol. The minimum atomic E-state index is 0.671. The molecule has 1 nitrogen and oxygen atoms in total. The van der Waals surface area contributed by atoms with E-state index in [2.05, 4.69) is 18.0 Å². The Hall–Kier alpha value is -0.590. The lowest BCUT2D eigenvalue weighted by Crippen LogP contribution is -1.91. The number of hydrogen-bond acceptors (Lipinski definition) is 1. The molecule has 1 heteroatoms. The lowest BCUT2D eigenvalue weighted by Gasteiger charge is -1.96. The van der Waals surface area contributed by atoms with E-state index in [0.29, 0.717) is 5.92 Å². The second kappa shape index (κ2) is 2.65. The first-order chi connectivity index (χ1) is 3.89. The van der Waals surface area contributed by atoms with Gasteiger partial charge in [0.15, 0.2) is 0 Å². The molecular formula is C7H11N. The van der Waals surface area contributed by atoms with Crippen LogP contribution in [-0.2, 0) is 0 Å². The first kappa shape index (κ1) is 5.54. The van der Waals surface area contributed by atoms with E-state index in [4.69, 9.17) is 0 Å². The van der Waals surface area contributed by atoms with Crippen LogP contribution < -0.4 is 0 Å². The van der Waals surface area contributed by atoms with Crippen molar-refractivity contribution in [3.8, 4) is 0 Å². The molecule has 44 valence electrons. The van der Waals surface area contributed by atoms with Gasteiger partial charge in [0.25, 0.3) is 0 Å². The first-order valence-corrected chi connectivity index (χ1v) is 3.08. The fraction of sp³-hybridized carbons (Fsp3) is 0.571. The summed E-state index contributed by atoms with van der Waals surface area (Å²) >= 11 is 0. The average Bonchev–Trinajstić information content (AvgIpc) is 1.94. The topological polar surface area (TPSA) is 12.4 Å². The maximum absolute atomic E-state index is 4.05. The fourth-order valence-electron chi connectivity index (χ4n) is 0.766. The Balaban J connectivity index is 2.46. The molecule has 0 fully saturated rings. The molecule has 1 aliphatic rings. The Bertz CT molecular complexity index is 114. The van der Waals surface area contributed by atoms with E-state index in [1.807, 2.05) is 12.4 Å². The maximum Gasteiger partial charge on any atom is 0.0224 e. The molecule has 0 aromatic rings. The summed E-state index contributed by atoms with van der Waals surface area (Å²) in [4.78, 5) is 4.05. The largest absolute Gasteiger partial charge is 0.269 e. The molecule has 0 amide bonds. The molecule has 0 aromatic heterocycles. The molecule has 0 bridgehead atoms. The van der Waals surface area contributed by atoms with Gasteiger partial charge in [-0.2, -0.15) is 0 Å². The van der Waals surface area contributed by atoms with Crippen molar-refractivity contribution in [3.05, 3.63) is 12.3 Å². The summed E-state index contributed by atoms with van der Waals surface area (Å²) in [6.45, 7) is 2.19. The Morgan fingerprint density at radius 3 is 3.38 bits per heavy atom. The Morgan fingerprint density at radius 2 is 2.50 bits per heavy atom. The van der Waals surface area contributed by atoms with E-state index in [-0.39, 0.29) is 0 Å². The maximum atomic E-state index is 4.05. The summed E-state index contributed by atoms with van der Waals surface area (Å²) in [5.41, 5.74) is 0. The van der Waals surface area contributed by atoms with E-state index in [9.17, 15) is 0 Å². The van der Waals surface area contributed by atoms with E-state index >= 15 is 0 Å². The third-order valence-corrected chi connectivity index (χ3v) is 1.32. The van der Waals surface area contributed by atoms with Gasteiger partial charge < -0.3 is 0 Å². The van der Waals surface area contributed by atoms with E-state index in [1.54, 1.807) is 0 Å². The molecule has 1 atom stereocenters. The van der Waals surface area contributed by atoms with Crippen LogP contribution in [0.2, 0.25) is 0 Å². The molecule has 1 rings (SSSR count). The summed E-state index contributed by atoms with van der Waals surface area (Å²) < 4.78 is 0. The highest BCUT2D eigenvalue weighted by molar-refractivity contribution is 5.61. The number of nitrogens with zero attached hydrogens (tertiary/aromatic N) is 1. The van der Waals surface area contributed by atoms with Crippen molar-refractivity contribution < 1.29 is 0 Å². The number of rotatable bonds is 0. The van der Waals surface area contributed by atoms with Crippen LogP contribution in [-0.4, -0.2) is 6.21 Å². The van der Waals surface area contributed by atoms with Gasteiger partial charge in [0.2, 0.25) is 0 Å². The van der Waals surface area contributed by atoms with Crippen molar-refractivity contribution >= 4 is 6.21 Å². The van der Waals surface area contributed by atoms with Gasteiger partial charge in [0.1, 0.15) is 0 Å². The SMILES string of the molecule is CC1C=NC=CCC1. The Kier molecular flexibility index (Phi) is 1.84. The molecule has 0 aliphatic carbocycles. The third kappa shape index (κ3) is 1.49. The van der Waals surface area contributed by atoms with Crippen molar-refractivity contribution in [1.82, 2.24) is 0 Å². The standard InChI is InChI=1S/C7H11N/c1-7-4-2-3-5-8-6-7/h3,5-7H,2,4H2,1H3. The molecule has 0 aromatic carbocycles. The highest BCUT2D eigenvalue weighted by Gasteiger charge is 1.96. The Morgan fingerprint density at radius 1 is 1.62 bits per heavy atom. The number of hydrogen-bond donors (Lipinski definition) is 0. The Labute approximate surface area is 50.1 Å². The van der Waals surface area contributed by atoms with Crippen molar-refractivity contribution in [1.29, 1.82) is 0 Å². The summed E-state index contributed by atoms with van der Waals surface area (Å²) in [6.07, 6.45) is 8.42. The average molecular weight is 109 g/mol. The van der Waals surface area contributed by atoms with Gasteiger partial charge in [0, 0.05) is 12.4 Å². The van der Waals surface area contributed by atoms with E-state index in [1.165, 1.54) is 12.8 Å². The lowest BCUT2D eigenvalue weighted by molar-refractivity contribution is 0.712. The van der Waals surface area contributed by atoms with Gasteiger partial charge in [-0.25, -0.2) is 0 Å². The van der Waals surface area contributed by atoms with Crippen molar-refractivity contribution in [2.75, 3.05) is 0 Å². The molecule has 0 saturated carbocycles. The van der Waals surface area contributed by atoms with E-state index < -0.39 is 0 Å². The number of aliphatic imine (C=N–C) groups is 1. The van der Waals surface area contributed by atoms with Crippen molar-refractivity contribution in [3.63, 3.8) is 0 Å². The van der Waals surface area contributed by atoms with Crippen LogP contribution in [0.15, 0.2) is 17.3 Å². The van der Waals surface area contributed by atoms with Gasteiger partial charge >= 0.3 is 0 Å². The van der Waals surface area contributed by atoms with Gasteiger partial charge in [0.05, 0.1) is 0 Å². The van der Waals surface area contributed by atoms with Crippen LogP contribution in [0.1, 0.15) is 19.8 Å². The summed E-state index contributed by atoms with van der Waals surface area (Å²) in [6, 6.07) is 0. The molecule has 0 saturated heterocycles. The van der Waals surface area contributed by atoms with Gasteiger partial charge in [-0.3, -0.25) is 4.99 Å². The van der Waals surface area contributed by atoms with E-state index in [0.717, 1.165) is 0 Å². The third-order valence-electron chi connectivity index (χ3n) is 1.32. The highest BCUT2D eigenvalue weighted by atomic mass is 14.7. The van der Waals surface area contributed by atoms with Crippen LogP contribution in [0, 0.1) is 5.92 Å². The zero-order chi connectivity index (χ0) is 5.82. The second-order valence-electron chi connectivity index (χ2n) is 2.24. The minimum absolute atomic E-state index is 0.671. The molecule has 0 spiro atoms. The quantitative estimate of drug-likeness (QED) is 0.451. The zero-order valence-corrected chi connectivity index (χ0v) is 5.17.